The number of hydrogen-bond donors (Lipinski definition) is 3. The molecule has 0 radical (unpaired) electrons. The molecule has 88 valence electrons. The van der Waals surface area contributed by atoms with Gasteiger partial charge in [0.1, 0.15) is 6.10 Å². The Kier molecular flexibility index (Phi) is 9.14. The van der Waals surface area contributed by atoms with Crippen molar-refractivity contribution in [2.45, 2.75) is 26.4 Å². The summed E-state index contributed by atoms with van der Waals surface area (Å²) < 4.78 is 0. The van der Waals surface area contributed by atoms with Gasteiger partial charge < -0.3 is 25.4 Å². The first kappa shape index (κ1) is 18.2. The molecule has 0 aliphatic carbocycles. The Labute approximate surface area is 116 Å². The average Bonchev–Trinajstić information content (AvgIpc) is 2.15. The molecule has 0 heterocycles. The van der Waals surface area contributed by atoms with E-state index < -0.39 is 23.4 Å². The zero-order valence-corrected chi connectivity index (χ0v) is 11.8. The van der Waals surface area contributed by atoms with E-state index in [0.29, 0.717) is 0 Å². The van der Waals surface area contributed by atoms with Crippen LogP contribution in [0, 0.1) is 5.41 Å². The zero-order valence-electron chi connectivity index (χ0n) is 9.82. The zero-order chi connectivity index (χ0) is 12.1. The first-order valence-corrected chi connectivity index (χ1v) is 4.57. The van der Waals surface area contributed by atoms with Crippen molar-refractivity contribution >= 4 is 11.9 Å². The van der Waals surface area contributed by atoms with Crippen LogP contribution in [0.3, 0.4) is 0 Å². The van der Waals surface area contributed by atoms with Crippen LogP contribution in [0.4, 0.5) is 0 Å². The third-order valence-electron chi connectivity index (χ3n) is 2.02. The average molecular weight is 241 g/mol. The van der Waals surface area contributed by atoms with E-state index in [1.165, 1.54) is 13.8 Å². The summed E-state index contributed by atoms with van der Waals surface area (Å²) in [5, 5.41) is 30.6. The Bertz CT molecular complexity index is 244. The van der Waals surface area contributed by atoms with E-state index in [2.05, 4.69) is 5.32 Å². The van der Waals surface area contributed by atoms with Crippen molar-refractivity contribution in [3.05, 3.63) is 0 Å². The number of carboxylic acid groups (broad SMARTS) is 1. The van der Waals surface area contributed by atoms with Gasteiger partial charge in [-0.1, -0.05) is 13.8 Å². The maximum atomic E-state index is 11.2. The molecule has 0 aromatic carbocycles. The number of rotatable bonds is 6. The molecular formula is C9H16NNaO5. The van der Waals surface area contributed by atoms with Crippen molar-refractivity contribution in [1.29, 1.82) is 0 Å². The fraction of sp³-hybridized carbons (Fsp3) is 0.778. The third kappa shape index (κ3) is 6.44. The molecule has 1 amide bonds. The SMILES string of the molecule is CC(C)(CO)[C@@H](O)C(=O)NCCC(=O)[O-].[Na+]. The Morgan fingerprint density at radius 3 is 2.31 bits per heavy atom. The molecule has 0 aliphatic rings. The van der Waals surface area contributed by atoms with Gasteiger partial charge in [0, 0.05) is 24.3 Å². The molecule has 0 saturated heterocycles. The van der Waals surface area contributed by atoms with Crippen molar-refractivity contribution in [1.82, 2.24) is 5.32 Å². The van der Waals surface area contributed by atoms with Gasteiger partial charge in [0.15, 0.2) is 0 Å². The van der Waals surface area contributed by atoms with Gasteiger partial charge in [0.05, 0.1) is 6.61 Å². The normalized spacial score (nSPS) is 12.5. The monoisotopic (exact) mass is 241 g/mol. The van der Waals surface area contributed by atoms with Crippen LogP contribution in [0.25, 0.3) is 0 Å². The largest absolute Gasteiger partial charge is 1.00 e. The van der Waals surface area contributed by atoms with Gasteiger partial charge in [0.2, 0.25) is 5.91 Å². The quantitative estimate of drug-likeness (QED) is 0.402. The predicted molar refractivity (Wildman–Crippen MR) is 49.5 cm³/mol. The molecule has 0 bridgehead atoms. The molecule has 3 N–H and O–H groups in total. The number of hydrogen-bond acceptors (Lipinski definition) is 5. The number of carboxylic acids is 1. The van der Waals surface area contributed by atoms with E-state index in [9.17, 15) is 19.8 Å². The Morgan fingerprint density at radius 2 is 1.94 bits per heavy atom. The molecule has 6 nitrogen and oxygen atoms in total. The van der Waals surface area contributed by atoms with Crippen molar-refractivity contribution in [2.24, 2.45) is 5.41 Å². The second-order valence-corrected chi connectivity index (χ2v) is 3.96. The number of amides is 1. The fourth-order valence-corrected chi connectivity index (χ4v) is 0.826. The second-order valence-electron chi connectivity index (χ2n) is 3.96. The van der Waals surface area contributed by atoms with E-state index in [0.717, 1.165) is 0 Å². The first-order chi connectivity index (χ1) is 6.81. The smallest absolute Gasteiger partial charge is 0.550 e. The van der Waals surface area contributed by atoms with Gasteiger partial charge in [-0.2, -0.15) is 0 Å². The maximum Gasteiger partial charge on any atom is 1.00 e. The molecule has 0 spiro atoms. The minimum atomic E-state index is -1.37. The Hall–Kier alpha value is -0.140. The van der Waals surface area contributed by atoms with Gasteiger partial charge in [-0.3, -0.25) is 4.79 Å². The molecular weight excluding hydrogens is 225 g/mol. The van der Waals surface area contributed by atoms with Crippen molar-refractivity contribution in [3.63, 3.8) is 0 Å². The van der Waals surface area contributed by atoms with Crippen LogP contribution in [-0.2, 0) is 9.59 Å². The number of aliphatic hydroxyl groups is 2. The number of carbonyl (C=O) groups is 2. The summed E-state index contributed by atoms with van der Waals surface area (Å²) in [4.78, 5) is 21.3. The molecule has 0 aromatic heterocycles. The topological polar surface area (TPSA) is 110 Å². The van der Waals surface area contributed by atoms with Crippen LogP contribution in [0.1, 0.15) is 20.3 Å². The molecule has 0 aromatic rings. The van der Waals surface area contributed by atoms with E-state index in [1.807, 2.05) is 0 Å². The number of carbonyl (C=O) groups excluding carboxylic acids is 2. The van der Waals surface area contributed by atoms with E-state index in [-0.39, 0.29) is 49.1 Å². The summed E-state index contributed by atoms with van der Waals surface area (Å²) in [6, 6.07) is 0. The van der Waals surface area contributed by atoms with Gasteiger partial charge in [-0.05, 0) is 0 Å². The molecule has 1 atom stereocenters. The fourth-order valence-electron chi connectivity index (χ4n) is 0.826. The van der Waals surface area contributed by atoms with Crippen molar-refractivity contribution < 1.29 is 54.5 Å². The predicted octanol–water partition coefficient (Wildman–Crippen LogP) is -5.37. The van der Waals surface area contributed by atoms with Gasteiger partial charge in [0.25, 0.3) is 0 Å². The van der Waals surface area contributed by atoms with Crippen LogP contribution in [0.2, 0.25) is 0 Å². The second kappa shape index (κ2) is 8.03. The van der Waals surface area contributed by atoms with Crippen LogP contribution in [-0.4, -0.2) is 41.3 Å². The third-order valence-corrected chi connectivity index (χ3v) is 2.02. The molecule has 0 fully saturated rings. The Balaban J connectivity index is 0. The molecule has 0 aliphatic heterocycles. The van der Waals surface area contributed by atoms with Crippen molar-refractivity contribution in [3.8, 4) is 0 Å². The molecule has 0 unspecified atom stereocenters. The Morgan fingerprint density at radius 1 is 1.44 bits per heavy atom. The van der Waals surface area contributed by atoms with Gasteiger partial charge >= 0.3 is 29.6 Å². The molecule has 16 heavy (non-hydrogen) atoms. The number of aliphatic carboxylic acids is 1. The summed E-state index contributed by atoms with van der Waals surface area (Å²) in [7, 11) is 0. The minimum absolute atomic E-state index is 0. The number of aliphatic hydroxyl groups excluding tert-OH is 2. The summed E-state index contributed by atoms with van der Waals surface area (Å²) in [6.45, 7) is 2.60. The van der Waals surface area contributed by atoms with E-state index >= 15 is 0 Å². The summed E-state index contributed by atoms with van der Waals surface area (Å²) in [5.41, 5.74) is -0.953. The van der Waals surface area contributed by atoms with Crippen LogP contribution in [0.5, 0.6) is 0 Å². The summed E-state index contributed by atoms with van der Waals surface area (Å²) >= 11 is 0. The van der Waals surface area contributed by atoms with Crippen LogP contribution >= 0.6 is 0 Å². The minimum Gasteiger partial charge on any atom is -0.550 e. The molecule has 0 saturated carbocycles. The standard InChI is InChI=1S/C9H17NO5.Na/c1-9(2,5-11)7(14)8(15)10-4-3-6(12)13;/h7,11,14H,3-5H2,1-2H3,(H,10,15)(H,12,13);/q;+1/p-1/t7-;/m0./s1. The number of nitrogens with one attached hydrogen (secondary N) is 1. The maximum absolute atomic E-state index is 11.2. The molecule has 0 rings (SSSR count). The van der Waals surface area contributed by atoms with Crippen LogP contribution in [0.15, 0.2) is 0 Å². The van der Waals surface area contributed by atoms with Crippen LogP contribution < -0.4 is 40.0 Å². The summed E-state index contributed by atoms with van der Waals surface area (Å²) in [5.74, 6) is -1.97. The van der Waals surface area contributed by atoms with E-state index in [1.54, 1.807) is 0 Å². The van der Waals surface area contributed by atoms with Gasteiger partial charge in [-0.25, -0.2) is 0 Å². The van der Waals surface area contributed by atoms with E-state index in [4.69, 9.17) is 5.11 Å². The first-order valence-electron chi connectivity index (χ1n) is 4.57. The molecule has 7 heteroatoms. The van der Waals surface area contributed by atoms with Crippen molar-refractivity contribution in [2.75, 3.05) is 13.2 Å². The summed E-state index contributed by atoms with van der Waals surface area (Å²) in [6.07, 6.45) is -1.68. The van der Waals surface area contributed by atoms with Gasteiger partial charge in [-0.15, -0.1) is 0 Å².